The molecular weight excluding hydrogens is 390 g/mol. The fraction of sp³-hybridized carbons (Fsp3) is 0. The topological polar surface area (TPSA) is 64.9 Å². The van der Waals surface area contributed by atoms with Crippen LogP contribution in [-0.2, 0) is 0 Å². The van der Waals surface area contributed by atoms with E-state index in [1.807, 2.05) is 42.5 Å². The summed E-state index contributed by atoms with van der Waals surface area (Å²) in [4.78, 5) is 4.13. The Morgan fingerprint density at radius 1 is 0.895 bits per heavy atom. The quantitative estimate of drug-likeness (QED) is 0.538. The van der Waals surface area contributed by atoms with Crippen LogP contribution in [0.1, 0.15) is 0 Å². The Hall–Kier alpha value is -1.11. The lowest BCUT2D eigenvalue weighted by atomic mass is 10.3. The summed E-state index contributed by atoms with van der Waals surface area (Å²) in [7, 11) is 0. The summed E-state index contributed by atoms with van der Waals surface area (Å²) in [5.41, 5.74) is 12.7. The minimum atomic E-state index is 0.623. The van der Waals surface area contributed by atoms with Gasteiger partial charge in [-0.25, -0.2) is 4.98 Å². The van der Waals surface area contributed by atoms with E-state index < -0.39 is 0 Å². The average molecular weight is 401 g/mol. The maximum atomic E-state index is 5.53. The van der Waals surface area contributed by atoms with E-state index in [1.54, 1.807) is 0 Å². The van der Waals surface area contributed by atoms with E-state index in [4.69, 9.17) is 11.5 Å². The lowest BCUT2D eigenvalue weighted by Gasteiger charge is -1.88. The summed E-state index contributed by atoms with van der Waals surface area (Å²) in [6.07, 6.45) is 0. The molecule has 98 valence electrons. The van der Waals surface area contributed by atoms with Crippen molar-refractivity contribution in [3.05, 3.63) is 51.4 Å². The monoisotopic (exact) mass is 399 g/mol. The molecule has 0 radical (unpaired) electrons. The van der Waals surface area contributed by atoms with Crippen LogP contribution in [0.5, 0.6) is 0 Å². The van der Waals surface area contributed by atoms with Crippen LogP contribution in [0.3, 0.4) is 0 Å². The number of hydrogen-bond donors (Lipinski definition) is 2. The second kappa shape index (κ2) is 6.36. The van der Waals surface area contributed by atoms with E-state index in [0.29, 0.717) is 5.13 Å². The molecule has 2 aromatic carbocycles. The molecular formula is C13H11Br2N3S. The summed E-state index contributed by atoms with van der Waals surface area (Å²) >= 11 is 8.17. The van der Waals surface area contributed by atoms with Crippen LogP contribution in [0.2, 0.25) is 0 Å². The molecule has 3 rings (SSSR count). The van der Waals surface area contributed by atoms with Gasteiger partial charge in [-0.3, -0.25) is 0 Å². The molecule has 1 aromatic heterocycles. The van der Waals surface area contributed by atoms with E-state index in [9.17, 15) is 0 Å². The van der Waals surface area contributed by atoms with Gasteiger partial charge in [0.15, 0.2) is 5.13 Å². The molecule has 0 atom stereocenters. The van der Waals surface area contributed by atoms with Gasteiger partial charge in [0.25, 0.3) is 0 Å². The number of thiazole rings is 1. The fourth-order valence-electron chi connectivity index (χ4n) is 1.38. The van der Waals surface area contributed by atoms with Crippen molar-refractivity contribution in [2.75, 3.05) is 11.5 Å². The summed E-state index contributed by atoms with van der Waals surface area (Å²) < 4.78 is 3.25. The van der Waals surface area contributed by atoms with Crippen LogP contribution in [0, 0.1) is 0 Å². The van der Waals surface area contributed by atoms with Crippen LogP contribution < -0.4 is 11.5 Å². The lowest BCUT2D eigenvalue weighted by molar-refractivity contribution is 1.49. The molecule has 6 heteroatoms. The van der Waals surface area contributed by atoms with Crippen LogP contribution in [0.15, 0.2) is 51.4 Å². The second-order valence-electron chi connectivity index (χ2n) is 3.72. The highest BCUT2D eigenvalue weighted by Gasteiger charge is 1.99. The number of nitrogens with two attached hydrogens (primary N) is 2. The molecule has 4 N–H and O–H groups in total. The van der Waals surface area contributed by atoms with Gasteiger partial charge in [0.2, 0.25) is 0 Å². The molecule has 3 aromatic rings. The fourth-order valence-corrected chi connectivity index (χ4v) is 2.93. The van der Waals surface area contributed by atoms with Crippen molar-refractivity contribution in [3.8, 4) is 0 Å². The van der Waals surface area contributed by atoms with E-state index in [-0.39, 0.29) is 0 Å². The Labute approximate surface area is 131 Å². The smallest absolute Gasteiger partial charge is 0.181 e. The SMILES string of the molecule is Nc1ccc(Br)cc1.Nc1nc2ccc(Br)cc2s1. The van der Waals surface area contributed by atoms with E-state index in [1.165, 1.54) is 11.3 Å². The first-order chi connectivity index (χ1) is 9.04. The Balaban J connectivity index is 0.000000148. The number of anilines is 2. The number of hydrogen-bond acceptors (Lipinski definition) is 4. The van der Waals surface area contributed by atoms with E-state index in [2.05, 4.69) is 36.8 Å². The van der Waals surface area contributed by atoms with Crippen molar-refractivity contribution in [2.24, 2.45) is 0 Å². The number of aromatic nitrogens is 1. The van der Waals surface area contributed by atoms with Gasteiger partial charge in [-0.15, -0.1) is 0 Å². The van der Waals surface area contributed by atoms with Gasteiger partial charge in [0.05, 0.1) is 10.2 Å². The predicted octanol–water partition coefficient (Wildman–Crippen LogP) is 4.67. The largest absolute Gasteiger partial charge is 0.399 e. The Morgan fingerprint density at radius 2 is 1.53 bits per heavy atom. The second-order valence-corrected chi connectivity index (χ2v) is 6.61. The van der Waals surface area contributed by atoms with Crippen molar-refractivity contribution in [2.45, 2.75) is 0 Å². The zero-order chi connectivity index (χ0) is 13.8. The molecule has 0 saturated heterocycles. The Bertz CT molecular complexity index is 659. The van der Waals surface area contributed by atoms with Crippen molar-refractivity contribution in [1.29, 1.82) is 0 Å². The van der Waals surface area contributed by atoms with Crippen LogP contribution in [0.4, 0.5) is 10.8 Å². The number of nitrogens with zero attached hydrogens (tertiary/aromatic N) is 1. The number of fused-ring (bicyclic) bond motifs is 1. The third kappa shape index (κ3) is 4.19. The zero-order valence-corrected chi connectivity index (χ0v) is 13.8. The van der Waals surface area contributed by atoms with Crippen LogP contribution in [0.25, 0.3) is 10.2 Å². The highest BCUT2D eigenvalue weighted by Crippen LogP contribution is 2.26. The first-order valence-corrected chi connectivity index (χ1v) is 7.77. The molecule has 0 unspecified atom stereocenters. The third-order valence-corrected chi connectivity index (χ3v) is 4.11. The molecule has 0 fully saturated rings. The molecule has 0 spiro atoms. The van der Waals surface area contributed by atoms with Crippen molar-refractivity contribution in [1.82, 2.24) is 4.98 Å². The van der Waals surface area contributed by atoms with Crippen LogP contribution in [-0.4, -0.2) is 4.98 Å². The van der Waals surface area contributed by atoms with E-state index in [0.717, 1.165) is 24.8 Å². The molecule has 0 aliphatic rings. The molecule has 1 heterocycles. The predicted molar refractivity (Wildman–Crippen MR) is 90.3 cm³/mol. The van der Waals surface area contributed by atoms with Gasteiger partial charge in [-0.1, -0.05) is 43.2 Å². The number of rotatable bonds is 0. The highest BCUT2D eigenvalue weighted by molar-refractivity contribution is 9.10. The third-order valence-electron chi connectivity index (χ3n) is 2.24. The first-order valence-electron chi connectivity index (χ1n) is 5.37. The minimum Gasteiger partial charge on any atom is -0.399 e. The van der Waals surface area contributed by atoms with Crippen molar-refractivity contribution < 1.29 is 0 Å². The summed E-state index contributed by atoms with van der Waals surface area (Å²) in [5, 5.41) is 0.623. The molecule has 0 bridgehead atoms. The first kappa shape index (κ1) is 14.3. The number of nitrogen functional groups attached to an aromatic ring is 2. The van der Waals surface area contributed by atoms with Crippen molar-refractivity contribution >= 4 is 64.2 Å². The van der Waals surface area contributed by atoms with Crippen molar-refractivity contribution in [3.63, 3.8) is 0 Å². The molecule has 0 aliphatic heterocycles. The summed E-state index contributed by atoms with van der Waals surface area (Å²) in [5.74, 6) is 0. The number of halogens is 2. The maximum absolute atomic E-state index is 5.53. The average Bonchev–Trinajstić information content (AvgIpc) is 2.73. The molecule has 3 nitrogen and oxygen atoms in total. The molecule has 19 heavy (non-hydrogen) atoms. The van der Waals surface area contributed by atoms with Gasteiger partial charge in [-0.2, -0.15) is 0 Å². The number of benzene rings is 2. The summed E-state index contributed by atoms with van der Waals surface area (Å²) in [6, 6.07) is 13.5. The maximum Gasteiger partial charge on any atom is 0.181 e. The molecule has 0 amide bonds. The van der Waals surface area contributed by atoms with Gasteiger partial charge >= 0.3 is 0 Å². The van der Waals surface area contributed by atoms with Gasteiger partial charge < -0.3 is 11.5 Å². The standard InChI is InChI=1S/C7H5BrN2S.C6H6BrN/c8-4-1-2-5-6(3-4)11-7(9)10-5;7-5-1-3-6(8)4-2-5/h1-3H,(H2,9,10);1-4H,8H2. The normalized spacial score (nSPS) is 10.0. The highest BCUT2D eigenvalue weighted by atomic mass is 79.9. The zero-order valence-electron chi connectivity index (χ0n) is 9.81. The van der Waals surface area contributed by atoms with Gasteiger partial charge in [0.1, 0.15) is 0 Å². The molecule has 0 aliphatic carbocycles. The van der Waals surface area contributed by atoms with E-state index >= 15 is 0 Å². The van der Waals surface area contributed by atoms with Gasteiger partial charge in [-0.05, 0) is 42.5 Å². The van der Waals surface area contributed by atoms with Gasteiger partial charge in [0, 0.05) is 14.6 Å². The Morgan fingerprint density at radius 3 is 2.16 bits per heavy atom. The Kier molecular flexibility index (Phi) is 4.79. The molecule has 0 saturated carbocycles. The lowest BCUT2D eigenvalue weighted by Crippen LogP contribution is -1.80. The summed E-state index contributed by atoms with van der Waals surface area (Å²) in [6.45, 7) is 0. The van der Waals surface area contributed by atoms with Crippen LogP contribution >= 0.6 is 43.2 Å². The minimum absolute atomic E-state index is 0.623.